The second-order valence-corrected chi connectivity index (χ2v) is 10.2. The molecular formula is C31H42O4. The van der Waals surface area contributed by atoms with Crippen LogP contribution in [0.1, 0.15) is 99.5 Å². The van der Waals surface area contributed by atoms with Crippen LogP contribution in [0.3, 0.4) is 0 Å². The van der Waals surface area contributed by atoms with Crippen molar-refractivity contribution in [3.63, 3.8) is 0 Å². The van der Waals surface area contributed by atoms with Crippen molar-refractivity contribution in [2.45, 2.75) is 96.5 Å². The van der Waals surface area contributed by atoms with Crippen LogP contribution in [0, 0.1) is 13.8 Å². The Balaban J connectivity index is 1.79. The number of hydrogen-bond donors (Lipinski definition) is 2. The van der Waals surface area contributed by atoms with Crippen LogP contribution in [-0.4, -0.2) is 28.4 Å². The van der Waals surface area contributed by atoms with Crippen LogP contribution in [0.2, 0.25) is 0 Å². The molecule has 0 atom stereocenters. The van der Waals surface area contributed by atoms with Crippen molar-refractivity contribution < 1.29 is 19.7 Å². The summed E-state index contributed by atoms with van der Waals surface area (Å²) in [5.41, 5.74) is 5.39. The van der Waals surface area contributed by atoms with E-state index in [1.807, 2.05) is 6.08 Å². The summed E-state index contributed by atoms with van der Waals surface area (Å²) < 4.78 is 5.95. The number of aryl methyl sites for hydroxylation is 2. The van der Waals surface area contributed by atoms with Gasteiger partial charge in [0, 0.05) is 11.8 Å². The lowest BCUT2D eigenvalue weighted by Crippen LogP contribution is -2.26. The number of rotatable bonds is 12. The van der Waals surface area contributed by atoms with Crippen LogP contribution in [0.25, 0.3) is 6.08 Å². The molecule has 1 saturated carbocycles. The topological polar surface area (TPSA) is 66.8 Å². The molecular weight excluding hydrogens is 436 g/mol. The van der Waals surface area contributed by atoms with Crippen molar-refractivity contribution in [1.82, 2.24) is 0 Å². The molecule has 2 aromatic rings. The van der Waals surface area contributed by atoms with E-state index in [1.165, 1.54) is 16.7 Å². The molecule has 3 rings (SSSR count). The Morgan fingerprint density at radius 3 is 2.20 bits per heavy atom. The first-order chi connectivity index (χ1) is 16.7. The summed E-state index contributed by atoms with van der Waals surface area (Å²) in [5, 5.41) is 19.5. The van der Waals surface area contributed by atoms with Crippen molar-refractivity contribution in [2.75, 3.05) is 6.61 Å². The van der Waals surface area contributed by atoms with Crippen LogP contribution in [-0.2, 0) is 10.2 Å². The minimum atomic E-state index is -0.758. The summed E-state index contributed by atoms with van der Waals surface area (Å²) in [6, 6.07) is 13.3. The molecule has 4 nitrogen and oxygen atoms in total. The van der Waals surface area contributed by atoms with Gasteiger partial charge in [-0.05, 0) is 86.3 Å². The van der Waals surface area contributed by atoms with Crippen LogP contribution < -0.4 is 4.74 Å². The molecule has 1 fully saturated rings. The number of carboxylic acids is 1. The Labute approximate surface area is 211 Å². The average molecular weight is 479 g/mol. The molecule has 1 aliphatic carbocycles. The van der Waals surface area contributed by atoms with Crippen LogP contribution in [0.4, 0.5) is 0 Å². The predicted molar refractivity (Wildman–Crippen MR) is 143 cm³/mol. The molecule has 2 aromatic carbocycles. The molecule has 2 N–H and O–H groups in total. The zero-order valence-corrected chi connectivity index (χ0v) is 21.9. The number of aliphatic carboxylic acids is 1. The van der Waals surface area contributed by atoms with E-state index in [4.69, 9.17) is 9.84 Å². The van der Waals surface area contributed by atoms with Crippen molar-refractivity contribution in [2.24, 2.45) is 0 Å². The highest BCUT2D eigenvalue weighted by Crippen LogP contribution is 2.41. The van der Waals surface area contributed by atoms with Crippen molar-refractivity contribution in [1.29, 1.82) is 0 Å². The fourth-order valence-electron chi connectivity index (χ4n) is 5.46. The quantitative estimate of drug-likeness (QED) is 0.313. The van der Waals surface area contributed by atoms with Gasteiger partial charge in [-0.3, -0.25) is 4.79 Å². The standard InChI is InChI=1S/C31H42O4/c1-5-31(6-2,27-14-15-28(24(4)22-27)35-20-10-7-11-29(32)33)26-13-12-25(23(3)21-26)16-19-30(34)17-8-9-18-30/h12-16,19,21-22,34H,5-11,17-18,20H2,1-4H3,(H,32,33)/b19-16+. The Bertz CT molecular complexity index is 1030. The van der Waals surface area contributed by atoms with E-state index in [2.05, 4.69) is 70.2 Å². The molecule has 0 unspecified atom stereocenters. The third-order valence-corrected chi connectivity index (χ3v) is 7.84. The van der Waals surface area contributed by atoms with Gasteiger partial charge >= 0.3 is 5.97 Å². The van der Waals surface area contributed by atoms with Gasteiger partial charge < -0.3 is 14.9 Å². The summed E-state index contributed by atoms with van der Waals surface area (Å²) in [7, 11) is 0. The Kier molecular flexibility index (Phi) is 9.18. The lowest BCUT2D eigenvalue weighted by molar-refractivity contribution is -0.137. The van der Waals surface area contributed by atoms with Crippen molar-refractivity contribution in [3.8, 4) is 5.75 Å². The van der Waals surface area contributed by atoms with Gasteiger partial charge in [0.15, 0.2) is 0 Å². The number of hydrogen-bond acceptors (Lipinski definition) is 3. The summed E-state index contributed by atoms with van der Waals surface area (Å²) in [5.74, 6) is 0.109. The van der Waals surface area contributed by atoms with E-state index in [9.17, 15) is 9.90 Å². The van der Waals surface area contributed by atoms with Gasteiger partial charge in [0.1, 0.15) is 5.75 Å². The molecule has 1 aliphatic rings. The number of benzene rings is 2. The predicted octanol–water partition coefficient (Wildman–Crippen LogP) is 7.36. The molecule has 190 valence electrons. The molecule has 0 saturated heterocycles. The maximum atomic E-state index is 10.7. The highest BCUT2D eigenvalue weighted by atomic mass is 16.5. The van der Waals surface area contributed by atoms with Gasteiger partial charge in [-0.2, -0.15) is 0 Å². The molecule has 4 heteroatoms. The maximum absolute atomic E-state index is 10.7. The first-order valence-electron chi connectivity index (χ1n) is 13.2. The lowest BCUT2D eigenvalue weighted by Gasteiger charge is -2.34. The number of ether oxygens (including phenoxy) is 1. The monoisotopic (exact) mass is 478 g/mol. The first kappa shape index (κ1) is 27.0. The zero-order valence-electron chi connectivity index (χ0n) is 21.9. The number of aliphatic hydroxyl groups is 1. The van der Waals surface area contributed by atoms with Gasteiger partial charge in [-0.15, -0.1) is 0 Å². The summed E-state index contributed by atoms with van der Waals surface area (Å²) in [6.45, 7) is 9.28. The minimum absolute atomic E-state index is 0.0819. The Morgan fingerprint density at radius 1 is 1.00 bits per heavy atom. The lowest BCUT2D eigenvalue weighted by atomic mass is 9.70. The molecule has 0 spiro atoms. The normalized spacial score (nSPS) is 15.6. The molecule has 35 heavy (non-hydrogen) atoms. The number of carbonyl (C=O) groups is 1. The fourth-order valence-corrected chi connectivity index (χ4v) is 5.46. The van der Waals surface area contributed by atoms with E-state index < -0.39 is 11.6 Å². The van der Waals surface area contributed by atoms with Crippen LogP contribution in [0.15, 0.2) is 42.5 Å². The Hall–Kier alpha value is -2.59. The highest BCUT2D eigenvalue weighted by Gasteiger charge is 2.32. The maximum Gasteiger partial charge on any atom is 0.303 e. The van der Waals surface area contributed by atoms with Crippen LogP contribution in [0.5, 0.6) is 5.75 Å². The molecule has 0 bridgehead atoms. The van der Waals surface area contributed by atoms with Gasteiger partial charge in [-0.1, -0.05) is 69.2 Å². The number of unbranched alkanes of at least 4 members (excludes halogenated alkanes) is 1. The smallest absolute Gasteiger partial charge is 0.303 e. The third-order valence-electron chi connectivity index (χ3n) is 7.84. The van der Waals surface area contributed by atoms with E-state index >= 15 is 0 Å². The molecule has 0 amide bonds. The van der Waals surface area contributed by atoms with Crippen molar-refractivity contribution >= 4 is 12.0 Å². The van der Waals surface area contributed by atoms with Gasteiger partial charge in [-0.25, -0.2) is 0 Å². The van der Waals surface area contributed by atoms with E-state index in [1.54, 1.807) is 0 Å². The van der Waals surface area contributed by atoms with Gasteiger partial charge in [0.2, 0.25) is 0 Å². The fraction of sp³-hybridized carbons (Fsp3) is 0.516. The highest BCUT2D eigenvalue weighted by molar-refractivity contribution is 5.66. The molecule has 0 aliphatic heterocycles. The van der Waals surface area contributed by atoms with E-state index in [0.717, 1.165) is 61.8 Å². The van der Waals surface area contributed by atoms with Gasteiger partial charge in [0.25, 0.3) is 0 Å². The van der Waals surface area contributed by atoms with Crippen molar-refractivity contribution in [3.05, 3.63) is 70.3 Å². The van der Waals surface area contributed by atoms with E-state index in [0.29, 0.717) is 13.0 Å². The summed E-state index contributed by atoms with van der Waals surface area (Å²) in [6.07, 6.45) is 11.5. The third kappa shape index (κ3) is 6.55. The second-order valence-electron chi connectivity index (χ2n) is 10.2. The summed E-state index contributed by atoms with van der Waals surface area (Å²) in [4.78, 5) is 10.7. The number of carboxylic acid groups (broad SMARTS) is 1. The second kappa shape index (κ2) is 11.9. The van der Waals surface area contributed by atoms with Crippen LogP contribution >= 0.6 is 0 Å². The van der Waals surface area contributed by atoms with Gasteiger partial charge in [0.05, 0.1) is 12.2 Å². The Morgan fingerprint density at radius 2 is 1.63 bits per heavy atom. The largest absolute Gasteiger partial charge is 0.493 e. The average Bonchev–Trinajstić information content (AvgIpc) is 3.27. The minimum Gasteiger partial charge on any atom is -0.493 e. The molecule has 0 heterocycles. The molecule has 0 aromatic heterocycles. The summed E-state index contributed by atoms with van der Waals surface area (Å²) >= 11 is 0. The van der Waals surface area contributed by atoms with E-state index in [-0.39, 0.29) is 11.8 Å². The SMILES string of the molecule is CCC(CC)(c1ccc(/C=C/C2(O)CCCC2)c(C)c1)c1ccc(OCCCCC(=O)O)c(C)c1. The zero-order chi connectivity index (χ0) is 25.5. The molecule has 0 radical (unpaired) electrons. The first-order valence-corrected chi connectivity index (χ1v) is 13.2.